The van der Waals surface area contributed by atoms with Crippen LogP contribution in [0.15, 0.2) is 0 Å². The number of rotatable bonds is 13. The van der Waals surface area contributed by atoms with E-state index in [0.717, 1.165) is 0 Å². The molecule has 0 aromatic carbocycles. The van der Waals surface area contributed by atoms with Crippen LogP contribution in [-0.4, -0.2) is 66.1 Å². The van der Waals surface area contributed by atoms with E-state index in [4.69, 9.17) is 23.7 Å². The lowest BCUT2D eigenvalue weighted by atomic mass is 9.96. The predicted octanol–water partition coefficient (Wildman–Crippen LogP) is 1.25. The molecule has 1 saturated carbocycles. The Morgan fingerprint density at radius 2 is 1.22 bits per heavy atom. The molecule has 0 spiro atoms. The van der Waals surface area contributed by atoms with E-state index < -0.39 is 0 Å². The van der Waals surface area contributed by atoms with Crippen LogP contribution < -0.4 is 0 Å². The molecule has 0 atom stereocenters. The van der Waals surface area contributed by atoms with Gasteiger partial charge in [0.2, 0.25) is 0 Å². The van der Waals surface area contributed by atoms with Crippen molar-refractivity contribution in [2.45, 2.75) is 25.4 Å². The maximum atomic E-state index is 5.56. The van der Waals surface area contributed by atoms with Crippen molar-refractivity contribution in [3.63, 3.8) is 0 Å². The first kappa shape index (κ1) is 15.9. The molecule has 0 heterocycles. The molecule has 1 aliphatic rings. The van der Waals surface area contributed by atoms with Gasteiger partial charge in [0.25, 0.3) is 0 Å². The second kappa shape index (κ2) is 11.9. The second-order valence-corrected chi connectivity index (χ2v) is 4.25. The average Bonchev–Trinajstić information content (AvgIpc) is 2.33. The molecule has 0 unspecified atom stereocenters. The van der Waals surface area contributed by atoms with Crippen LogP contribution in [0.1, 0.15) is 19.3 Å². The molecular weight excluding hydrogens is 236 g/mol. The first-order valence-electron chi connectivity index (χ1n) is 6.77. The Hall–Kier alpha value is -0.200. The molecule has 1 rings (SSSR count). The van der Waals surface area contributed by atoms with E-state index in [1.807, 2.05) is 0 Å². The molecule has 5 nitrogen and oxygen atoms in total. The lowest BCUT2D eigenvalue weighted by molar-refractivity contribution is -0.0406. The van der Waals surface area contributed by atoms with Gasteiger partial charge in [-0.05, 0) is 19.3 Å². The van der Waals surface area contributed by atoms with Gasteiger partial charge in [0, 0.05) is 7.11 Å². The van der Waals surface area contributed by atoms with Crippen LogP contribution in [0.2, 0.25) is 0 Å². The summed E-state index contributed by atoms with van der Waals surface area (Å²) in [6.07, 6.45) is 4.23. The highest BCUT2D eigenvalue weighted by atomic mass is 16.6. The Kier molecular flexibility index (Phi) is 10.5. The first-order chi connectivity index (χ1) is 8.93. The van der Waals surface area contributed by atoms with Gasteiger partial charge in [0.05, 0.1) is 59.0 Å². The molecule has 0 bridgehead atoms. The maximum Gasteiger partial charge on any atom is 0.0704 e. The largest absolute Gasteiger partial charge is 0.382 e. The Labute approximate surface area is 110 Å². The highest BCUT2D eigenvalue weighted by Gasteiger charge is 2.16. The second-order valence-electron chi connectivity index (χ2n) is 4.25. The Morgan fingerprint density at radius 1 is 0.722 bits per heavy atom. The fourth-order valence-electron chi connectivity index (χ4n) is 1.50. The summed E-state index contributed by atoms with van der Waals surface area (Å²) in [6, 6.07) is 0. The van der Waals surface area contributed by atoms with Gasteiger partial charge in [0.1, 0.15) is 0 Å². The lowest BCUT2D eigenvalue weighted by Gasteiger charge is -2.25. The summed E-state index contributed by atoms with van der Waals surface area (Å²) in [6.45, 7) is 5.04. The third kappa shape index (κ3) is 8.83. The van der Waals surface area contributed by atoms with Crippen molar-refractivity contribution < 1.29 is 23.7 Å². The van der Waals surface area contributed by atoms with E-state index in [1.165, 1.54) is 19.3 Å². The fourth-order valence-corrected chi connectivity index (χ4v) is 1.50. The van der Waals surface area contributed by atoms with Gasteiger partial charge in [-0.1, -0.05) is 0 Å². The van der Waals surface area contributed by atoms with Crippen LogP contribution in [0.25, 0.3) is 0 Å². The van der Waals surface area contributed by atoms with Crippen molar-refractivity contribution in [1.82, 2.24) is 0 Å². The SMILES string of the molecule is COCCOCCOCCOCCOC1CCC1. The van der Waals surface area contributed by atoms with E-state index in [-0.39, 0.29) is 0 Å². The van der Waals surface area contributed by atoms with Crippen LogP contribution in [0, 0.1) is 0 Å². The molecule has 0 aromatic rings. The van der Waals surface area contributed by atoms with E-state index in [1.54, 1.807) is 7.11 Å². The Balaban J connectivity index is 1.63. The van der Waals surface area contributed by atoms with Crippen molar-refractivity contribution in [2.75, 3.05) is 60.0 Å². The third-order valence-electron chi connectivity index (χ3n) is 2.81. The van der Waals surface area contributed by atoms with Crippen molar-refractivity contribution in [1.29, 1.82) is 0 Å². The maximum absolute atomic E-state index is 5.56. The summed E-state index contributed by atoms with van der Waals surface area (Å²) in [5, 5.41) is 0. The molecular formula is C13H26O5. The number of hydrogen-bond donors (Lipinski definition) is 0. The van der Waals surface area contributed by atoms with Crippen molar-refractivity contribution in [2.24, 2.45) is 0 Å². The van der Waals surface area contributed by atoms with Gasteiger partial charge in [-0.3, -0.25) is 0 Å². The summed E-state index contributed by atoms with van der Waals surface area (Å²) in [5.74, 6) is 0. The molecule has 0 aromatic heterocycles. The summed E-state index contributed by atoms with van der Waals surface area (Å²) < 4.78 is 26.4. The minimum atomic E-state index is 0.495. The van der Waals surface area contributed by atoms with E-state index >= 15 is 0 Å². The average molecular weight is 262 g/mol. The summed E-state index contributed by atoms with van der Waals surface area (Å²) >= 11 is 0. The zero-order chi connectivity index (χ0) is 12.9. The van der Waals surface area contributed by atoms with Crippen molar-refractivity contribution in [3.8, 4) is 0 Å². The predicted molar refractivity (Wildman–Crippen MR) is 67.9 cm³/mol. The van der Waals surface area contributed by atoms with Gasteiger partial charge in [-0.2, -0.15) is 0 Å². The van der Waals surface area contributed by atoms with Crippen LogP contribution in [0.4, 0.5) is 0 Å². The van der Waals surface area contributed by atoms with E-state index in [0.29, 0.717) is 59.0 Å². The van der Waals surface area contributed by atoms with Gasteiger partial charge in [-0.25, -0.2) is 0 Å². The minimum Gasteiger partial charge on any atom is -0.382 e. The molecule has 0 N–H and O–H groups in total. The van der Waals surface area contributed by atoms with Crippen LogP contribution >= 0.6 is 0 Å². The number of hydrogen-bond acceptors (Lipinski definition) is 5. The molecule has 0 saturated heterocycles. The zero-order valence-electron chi connectivity index (χ0n) is 11.4. The number of methoxy groups -OCH3 is 1. The summed E-state index contributed by atoms with van der Waals surface area (Å²) in [4.78, 5) is 0. The summed E-state index contributed by atoms with van der Waals surface area (Å²) in [5.41, 5.74) is 0. The first-order valence-corrected chi connectivity index (χ1v) is 6.77. The molecule has 108 valence electrons. The fraction of sp³-hybridized carbons (Fsp3) is 1.00. The molecule has 0 aliphatic heterocycles. The molecule has 5 heteroatoms. The smallest absolute Gasteiger partial charge is 0.0704 e. The van der Waals surface area contributed by atoms with Gasteiger partial charge in [-0.15, -0.1) is 0 Å². The Bertz CT molecular complexity index is 173. The van der Waals surface area contributed by atoms with Gasteiger partial charge in [0.15, 0.2) is 0 Å². The third-order valence-corrected chi connectivity index (χ3v) is 2.81. The molecule has 18 heavy (non-hydrogen) atoms. The minimum absolute atomic E-state index is 0.495. The normalized spacial score (nSPS) is 15.8. The monoisotopic (exact) mass is 262 g/mol. The molecule has 1 fully saturated rings. The number of ether oxygens (including phenoxy) is 5. The highest BCUT2D eigenvalue weighted by Crippen LogP contribution is 2.21. The highest BCUT2D eigenvalue weighted by molar-refractivity contribution is 4.68. The van der Waals surface area contributed by atoms with Crippen LogP contribution in [-0.2, 0) is 23.7 Å². The van der Waals surface area contributed by atoms with Crippen LogP contribution in [0.5, 0.6) is 0 Å². The molecule has 1 aliphatic carbocycles. The van der Waals surface area contributed by atoms with Gasteiger partial charge >= 0.3 is 0 Å². The van der Waals surface area contributed by atoms with Crippen molar-refractivity contribution >= 4 is 0 Å². The standard InChI is InChI=1S/C13H26O5/c1-14-5-6-15-7-8-16-9-10-17-11-12-18-13-3-2-4-13/h13H,2-12H2,1H3. The van der Waals surface area contributed by atoms with Crippen molar-refractivity contribution in [3.05, 3.63) is 0 Å². The quantitative estimate of drug-likeness (QED) is 0.467. The lowest BCUT2D eigenvalue weighted by Crippen LogP contribution is -2.23. The topological polar surface area (TPSA) is 46.2 Å². The molecule has 0 radical (unpaired) electrons. The summed E-state index contributed by atoms with van der Waals surface area (Å²) in [7, 11) is 1.66. The Morgan fingerprint density at radius 3 is 1.67 bits per heavy atom. The van der Waals surface area contributed by atoms with E-state index in [9.17, 15) is 0 Å². The van der Waals surface area contributed by atoms with Crippen LogP contribution in [0.3, 0.4) is 0 Å². The zero-order valence-corrected chi connectivity index (χ0v) is 11.4. The van der Waals surface area contributed by atoms with E-state index in [2.05, 4.69) is 0 Å². The van der Waals surface area contributed by atoms with Gasteiger partial charge < -0.3 is 23.7 Å². The molecule has 0 amide bonds.